The molecule has 3 rings (SSSR count). The number of rotatable bonds is 4. The van der Waals surface area contributed by atoms with Crippen LogP contribution >= 0.6 is 11.8 Å². The number of ether oxygens (including phenoxy) is 1. The first-order chi connectivity index (χ1) is 9.73. The molecular formula is C16H24N2OS. The topological polar surface area (TPSA) is 47.3 Å². The van der Waals surface area contributed by atoms with Gasteiger partial charge < -0.3 is 4.74 Å². The maximum absolute atomic E-state index is 5.88. The Morgan fingerprint density at radius 1 is 1.50 bits per heavy atom. The third-order valence-corrected chi connectivity index (χ3v) is 6.43. The zero-order valence-corrected chi connectivity index (χ0v) is 12.9. The van der Waals surface area contributed by atoms with E-state index in [4.69, 9.17) is 10.6 Å². The van der Waals surface area contributed by atoms with Crippen LogP contribution in [0.5, 0.6) is 5.75 Å². The first-order valence-corrected chi connectivity index (χ1v) is 8.53. The summed E-state index contributed by atoms with van der Waals surface area (Å²) in [6.07, 6.45) is 4.76. The number of nitrogens with one attached hydrogen (secondary N) is 1. The van der Waals surface area contributed by atoms with E-state index in [-0.39, 0.29) is 4.75 Å². The Balaban J connectivity index is 1.77. The number of hydrazine groups is 1. The lowest BCUT2D eigenvalue weighted by atomic mass is 9.83. The summed E-state index contributed by atoms with van der Waals surface area (Å²) in [5.74, 6) is 8.76. The van der Waals surface area contributed by atoms with Gasteiger partial charge >= 0.3 is 0 Å². The maximum Gasteiger partial charge on any atom is 0.122 e. The molecule has 3 unspecified atom stereocenters. The lowest BCUT2D eigenvalue weighted by Crippen LogP contribution is -2.49. The highest BCUT2D eigenvalue weighted by atomic mass is 32.2. The summed E-state index contributed by atoms with van der Waals surface area (Å²) in [5, 5.41) is 0. The fourth-order valence-corrected chi connectivity index (χ4v) is 4.92. The highest BCUT2D eigenvalue weighted by Crippen LogP contribution is 2.44. The van der Waals surface area contributed by atoms with Crippen LogP contribution in [0.3, 0.4) is 0 Å². The van der Waals surface area contributed by atoms with Crippen LogP contribution < -0.4 is 16.0 Å². The van der Waals surface area contributed by atoms with Gasteiger partial charge in [0.15, 0.2) is 0 Å². The SMILES string of the molecule is CC1(C(CC2CCOc3ccccc32)NN)CCCS1. The summed E-state index contributed by atoms with van der Waals surface area (Å²) < 4.78 is 6.04. The first-order valence-electron chi connectivity index (χ1n) is 7.55. The van der Waals surface area contributed by atoms with Gasteiger partial charge in [0.25, 0.3) is 0 Å². The van der Waals surface area contributed by atoms with Gasteiger partial charge in [-0.15, -0.1) is 0 Å². The Morgan fingerprint density at radius 3 is 3.10 bits per heavy atom. The first kappa shape index (κ1) is 14.2. The van der Waals surface area contributed by atoms with E-state index < -0.39 is 0 Å². The summed E-state index contributed by atoms with van der Waals surface area (Å²) in [6, 6.07) is 8.81. The molecule has 0 radical (unpaired) electrons. The van der Waals surface area contributed by atoms with Crippen LogP contribution in [0.25, 0.3) is 0 Å². The lowest BCUT2D eigenvalue weighted by Gasteiger charge is -2.36. The molecule has 4 heteroatoms. The van der Waals surface area contributed by atoms with Gasteiger partial charge in [-0.25, -0.2) is 0 Å². The molecule has 3 atom stereocenters. The van der Waals surface area contributed by atoms with E-state index in [1.807, 2.05) is 6.07 Å². The largest absolute Gasteiger partial charge is 0.493 e. The summed E-state index contributed by atoms with van der Waals surface area (Å²) in [5.41, 5.74) is 4.45. The minimum absolute atomic E-state index is 0.280. The van der Waals surface area contributed by atoms with Gasteiger partial charge in [0.1, 0.15) is 5.75 Å². The number of hydrogen-bond donors (Lipinski definition) is 2. The molecule has 2 aliphatic heterocycles. The number of nitrogens with two attached hydrogens (primary N) is 1. The van der Waals surface area contributed by atoms with Crippen molar-refractivity contribution in [1.82, 2.24) is 5.43 Å². The molecule has 0 aliphatic carbocycles. The smallest absolute Gasteiger partial charge is 0.122 e. The number of hydrogen-bond acceptors (Lipinski definition) is 4. The van der Waals surface area contributed by atoms with Gasteiger partial charge in [-0.2, -0.15) is 11.8 Å². The van der Waals surface area contributed by atoms with Crippen molar-refractivity contribution in [3.05, 3.63) is 29.8 Å². The van der Waals surface area contributed by atoms with Crippen LogP contribution in [0, 0.1) is 0 Å². The molecule has 2 aliphatic rings. The quantitative estimate of drug-likeness (QED) is 0.661. The summed E-state index contributed by atoms with van der Waals surface area (Å²) in [6.45, 7) is 3.18. The van der Waals surface area contributed by atoms with Gasteiger partial charge in [-0.3, -0.25) is 11.3 Å². The van der Waals surface area contributed by atoms with Gasteiger partial charge in [-0.1, -0.05) is 18.2 Å². The number of thioether (sulfide) groups is 1. The van der Waals surface area contributed by atoms with E-state index in [0.29, 0.717) is 12.0 Å². The highest BCUT2D eigenvalue weighted by molar-refractivity contribution is 8.00. The Kier molecular flexibility index (Phi) is 4.24. The van der Waals surface area contributed by atoms with E-state index >= 15 is 0 Å². The fourth-order valence-electron chi connectivity index (χ4n) is 3.51. The molecular weight excluding hydrogens is 268 g/mol. The van der Waals surface area contributed by atoms with Crippen LogP contribution in [0.4, 0.5) is 0 Å². The second kappa shape index (κ2) is 5.96. The molecule has 1 saturated heterocycles. The fraction of sp³-hybridized carbons (Fsp3) is 0.625. The molecule has 0 aromatic heterocycles. The average Bonchev–Trinajstić information content (AvgIpc) is 2.92. The second-order valence-electron chi connectivity index (χ2n) is 6.09. The molecule has 1 aromatic rings. The molecule has 0 bridgehead atoms. The standard InChI is InChI=1S/C16H24N2OS/c1-16(8-4-10-20-16)15(18-17)11-12-7-9-19-14-6-3-2-5-13(12)14/h2-3,5-6,12,15,18H,4,7-11,17H2,1H3. The van der Waals surface area contributed by atoms with Gasteiger partial charge in [-0.05, 0) is 55.9 Å². The Bertz CT molecular complexity index is 460. The van der Waals surface area contributed by atoms with Gasteiger partial charge in [0, 0.05) is 10.8 Å². The molecule has 3 N–H and O–H groups in total. The molecule has 0 saturated carbocycles. The average molecular weight is 292 g/mol. The van der Waals surface area contributed by atoms with E-state index in [1.54, 1.807) is 0 Å². The van der Waals surface area contributed by atoms with Crippen LogP contribution in [-0.4, -0.2) is 23.1 Å². The number of para-hydroxylation sites is 1. The van der Waals surface area contributed by atoms with Crippen LogP contribution in [0.2, 0.25) is 0 Å². The van der Waals surface area contributed by atoms with Crippen molar-refractivity contribution in [2.75, 3.05) is 12.4 Å². The molecule has 3 nitrogen and oxygen atoms in total. The predicted octanol–water partition coefficient (Wildman–Crippen LogP) is 3.06. The lowest BCUT2D eigenvalue weighted by molar-refractivity contribution is 0.247. The van der Waals surface area contributed by atoms with Crippen molar-refractivity contribution in [2.24, 2.45) is 5.84 Å². The van der Waals surface area contributed by atoms with E-state index in [2.05, 4.69) is 42.3 Å². The van der Waals surface area contributed by atoms with Crippen molar-refractivity contribution >= 4 is 11.8 Å². The van der Waals surface area contributed by atoms with Crippen molar-refractivity contribution in [3.63, 3.8) is 0 Å². The molecule has 110 valence electrons. The monoisotopic (exact) mass is 292 g/mol. The summed E-state index contributed by atoms with van der Waals surface area (Å²) in [7, 11) is 0. The number of fused-ring (bicyclic) bond motifs is 1. The van der Waals surface area contributed by atoms with Crippen LogP contribution in [0.15, 0.2) is 24.3 Å². The molecule has 1 aromatic carbocycles. The zero-order valence-electron chi connectivity index (χ0n) is 12.1. The minimum Gasteiger partial charge on any atom is -0.493 e. The van der Waals surface area contributed by atoms with Crippen molar-refractivity contribution in [2.45, 2.75) is 49.3 Å². The number of benzene rings is 1. The summed E-state index contributed by atoms with van der Waals surface area (Å²) in [4.78, 5) is 0. The molecule has 0 amide bonds. The summed E-state index contributed by atoms with van der Waals surface area (Å²) >= 11 is 2.07. The van der Waals surface area contributed by atoms with Crippen LogP contribution in [-0.2, 0) is 0 Å². The third-order valence-electron chi connectivity index (χ3n) is 4.79. The second-order valence-corrected chi connectivity index (χ2v) is 7.72. The Hall–Kier alpha value is -0.710. The highest BCUT2D eigenvalue weighted by Gasteiger charge is 2.39. The molecule has 2 heterocycles. The predicted molar refractivity (Wildman–Crippen MR) is 85.1 cm³/mol. The maximum atomic E-state index is 5.88. The van der Waals surface area contributed by atoms with Gasteiger partial charge in [0.2, 0.25) is 0 Å². The normalized spacial score (nSPS) is 30.6. The molecule has 20 heavy (non-hydrogen) atoms. The van der Waals surface area contributed by atoms with E-state index in [9.17, 15) is 0 Å². The van der Waals surface area contributed by atoms with E-state index in [1.165, 1.54) is 24.2 Å². The molecule has 1 fully saturated rings. The minimum atomic E-state index is 0.280. The zero-order chi connectivity index (χ0) is 14.0. The Labute approximate surface area is 125 Å². The van der Waals surface area contributed by atoms with Crippen molar-refractivity contribution in [1.29, 1.82) is 0 Å². The van der Waals surface area contributed by atoms with Crippen molar-refractivity contribution < 1.29 is 4.74 Å². The van der Waals surface area contributed by atoms with E-state index in [0.717, 1.165) is 25.2 Å². The van der Waals surface area contributed by atoms with Crippen LogP contribution in [0.1, 0.15) is 44.1 Å². The van der Waals surface area contributed by atoms with Crippen molar-refractivity contribution in [3.8, 4) is 5.75 Å². The molecule has 0 spiro atoms. The van der Waals surface area contributed by atoms with Gasteiger partial charge in [0.05, 0.1) is 6.61 Å². The third kappa shape index (κ3) is 2.69. The Morgan fingerprint density at radius 2 is 2.35 bits per heavy atom.